The third kappa shape index (κ3) is 10.1. The fraction of sp³-hybridized carbons (Fsp3) is 0.611. The lowest BCUT2D eigenvalue weighted by Crippen LogP contribution is -2.61. The Bertz CT molecular complexity index is 1540. The van der Waals surface area contributed by atoms with Crippen LogP contribution in [0.25, 0.3) is 10.8 Å². The van der Waals surface area contributed by atoms with Crippen molar-refractivity contribution in [1.82, 2.24) is 31.2 Å². The molecule has 2 fully saturated rings. The monoisotopic (exact) mass is 680 g/mol. The summed E-state index contributed by atoms with van der Waals surface area (Å²) in [5.74, 6) is -1.45. The quantitative estimate of drug-likeness (QED) is 0.233. The van der Waals surface area contributed by atoms with Crippen molar-refractivity contribution in [2.24, 2.45) is 5.41 Å². The summed E-state index contributed by atoms with van der Waals surface area (Å²) >= 11 is 0. The smallest absolute Gasteiger partial charge is 0.315 e. The summed E-state index contributed by atoms with van der Waals surface area (Å²) in [6.07, 6.45) is 3.51. The average molecular weight is 681 g/mol. The number of hydrogen-bond acceptors (Lipinski definition) is 8. The highest BCUT2D eigenvalue weighted by atomic mass is 16.5. The highest BCUT2D eigenvalue weighted by Crippen LogP contribution is 2.32. The first-order chi connectivity index (χ1) is 23.0. The maximum Gasteiger partial charge on any atom is 0.315 e. The molecule has 268 valence electrons. The number of Topliss-reactive ketones (excluding diaryl/α,β-unsaturated/α-hetero) is 1. The number of nitrogens with one attached hydrogen (secondary N) is 4. The van der Waals surface area contributed by atoms with Gasteiger partial charge in [-0.05, 0) is 82.0 Å². The molecule has 49 heavy (non-hydrogen) atoms. The summed E-state index contributed by atoms with van der Waals surface area (Å²) in [6, 6.07) is 3.78. The molecule has 13 heteroatoms. The number of pyridine rings is 1. The highest BCUT2D eigenvalue weighted by Gasteiger charge is 2.47. The van der Waals surface area contributed by atoms with Gasteiger partial charge in [0.05, 0.1) is 19.2 Å². The maximum absolute atomic E-state index is 14.4. The van der Waals surface area contributed by atoms with E-state index in [-0.39, 0.29) is 25.4 Å². The van der Waals surface area contributed by atoms with E-state index in [1.807, 2.05) is 79.7 Å². The second-order valence-electron chi connectivity index (χ2n) is 15.0. The number of carbonyl (C=O) groups is 5. The van der Waals surface area contributed by atoms with Gasteiger partial charge in [0.15, 0.2) is 0 Å². The Morgan fingerprint density at radius 3 is 2.33 bits per heavy atom. The summed E-state index contributed by atoms with van der Waals surface area (Å²) in [5, 5.41) is 12.7. The van der Waals surface area contributed by atoms with Crippen molar-refractivity contribution in [2.75, 3.05) is 13.2 Å². The Kier molecular flexibility index (Phi) is 11.8. The number of amides is 5. The molecule has 5 amide bonds. The first kappa shape index (κ1) is 37.4. The molecular weight excluding hydrogens is 628 g/mol. The Hall–Kier alpha value is -4.42. The molecule has 1 unspecified atom stereocenters. The van der Waals surface area contributed by atoms with Gasteiger partial charge in [0, 0.05) is 29.6 Å². The van der Waals surface area contributed by atoms with Crippen LogP contribution in [-0.4, -0.2) is 88.4 Å². The largest absolute Gasteiger partial charge is 0.494 e. The van der Waals surface area contributed by atoms with Gasteiger partial charge in [-0.25, -0.2) is 9.78 Å². The van der Waals surface area contributed by atoms with E-state index >= 15 is 0 Å². The normalized spacial score (nSPS) is 19.1. The molecule has 1 aromatic carbocycles. The van der Waals surface area contributed by atoms with Crippen LogP contribution in [-0.2, 0) is 19.2 Å². The SMILES string of the molecule is CCC[C@H](NC(=O)C1C[C@@H](Oc2nccc3cc(OCC)ccc23)CN1C(=O)[C@@H](NC(=O)NC(C)(C)C)C(C)(C)C)C(=O)C(=O)NC1CC1. The van der Waals surface area contributed by atoms with Crippen LogP contribution in [0, 0.1) is 5.41 Å². The molecule has 0 spiro atoms. The Balaban J connectivity index is 1.63. The summed E-state index contributed by atoms with van der Waals surface area (Å²) in [6.45, 7) is 15.3. The lowest BCUT2D eigenvalue weighted by molar-refractivity contribution is -0.144. The van der Waals surface area contributed by atoms with Crippen LogP contribution in [0.4, 0.5) is 4.79 Å². The molecule has 1 saturated heterocycles. The predicted octanol–water partition coefficient (Wildman–Crippen LogP) is 3.63. The Morgan fingerprint density at radius 2 is 1.71 bits per heavy atom. The molecule has 2 aromatic rings. The molecule has 1 aliphatic heterocycles. The zero-order valence-electron chi connectivity index (χ0n) is 30.0. The van der Waals surface area contributed by atoms with Gasteiger partial charge in [0.25, 0.3) is 5.91 Å². The highest BCUT2D eigenvalue weighted by molar-refractivity contribution is 6.38. The van der Waals surface area contributed by atoms with Gasteiger partial charge in [0.1, 0.15) is 23.9 Å². The average Bonchev–Trinajstić information content (AvgIpc) is 3.73. The van der Waals surface area contributed by atoms with Crippen LogP contribution >= 0.6 is 0 Å². The molecule has 4 rings (SSSR count). The first-order valence-corrected chi connectivity index (χ1v) is 17.2. The second-order valence-corrected chi connectivity index (χ2v) is 15.0. The number of likely N-dealkylation sites (tertiary alicyclic amines) is 1. The van der Waals surface area contributed by atoms with E-state index in [1.165, 1.54) is 4.90 Å². The van der Waals surface area contributed by atoms with E-state index in [1.54, 1.807) is 6.20 Å². The maximum atomic E-state index is 14.4. The minimum absolute atomic E-state index is 0.0129. The van der Waals surface area contributed by atoms with Crippen molar-refractivity contribution in [3.8, 4) is 11.6 Å². The first-order valence-electron chi connectivity index (χ1n) is 17.2. The molecule has 13 nitrogen and oxygen atoms in total. The number of benzene rings is 1. The van der Waals surface area contributed by atoms with E-state index in [0.29, 0.717) is 24.7 Å². The molecule has 2 heterocycles. The summed E-state index contributed by atoms with van der Waals surface area (Å²) in [4.78, 5) is 73.0. The standard InChI is InChI=1S/C36H52N6O7/c1-9-11-26(28(43)31(45)38-22-12-13-22)39-30(44)27-19-24(49-32-25-15-14-23(48-10-2)18-21(25)16-17-37-32)20-42(27)33(46)29(35(3,4)5)40-34(47)41-36(6,7)8/h14-18,22,24,26-27,29H,9-13,19-20H2,1-8H3,(H,38,45)(H,39,44)(H2,40,41,47)/t24-,26+,27?,29-/m1/s1. The molecular formula is C36H52N6O7. The molecule has 1 aromatic heterocycles. The summed E-state index contributed by atoms with van der Waals surface area (Å²) in [5.41, 5.74) is -1.28. The van der Waals surface area contributed by atoms with Crippen molar-refractivity contribution in [2.45, 2.75) is 123 Å². The number of nitrogens with zero attached hydrogens (tertiary/aromatic N) is 2. The predicted molar refractivity (Wildman–Crippen MR) is 185 cm³/mol. The zero-order chi connectivity index (χ0) is 36.1. The van der Waals surface area contributed by atoms with Crippen LogP contribution in [0.3, 0.4) is 0 Å². The van der Waals surface area contributed by atoms with E-state index in [2.05, 4.69) is 26.3 Å². The molecule has 4 atom stereocenters. The van der Waals surface area contributed by atoms with E-state index in [0.717, 1.165) is 23.6 Å². The van der Waals surface area contributed by atoms with Crippen LogP contribution in [0.15, 0.2) is 30.5 Å². The fourth-order valence-electron chi connectivity index (χ4n) is 5.80. The molecule has 1 aliphatic carbocycles. The van der Waals surface area contributed by atoms with Crippen LogP contribution < -0.4 is 30.7 Å². The van der Waals surface area contributed by atoms with Crippen LogP contribution in [0.5, 0.6) is 11.6 Å². The number of ether oxygens (including phenoxy) is 2. The zero-order valence-corrected chi connectivity index (χ0v) is 30.0. The van der Waals surface area contributed by atoms with Gasteiger partial charge >= 0.3 is 6.03 Å². The van der Waals surface area contributed by atoms with E-state index < -0.39 is 64.7 Å². The third-order valence-corrected chi connectivity index (χ3v) is 8.36. The minimum Gasteiger partial charge on any atom is -0.494 e. The molecule has 4 N–H and O–H groups in total. The van der Waals surface area contributed by atoms with Crippen molar-refractivity contribution < 1.29 is 33.4 Å². The topological polar surface area (TPSA) is 168 Å². The lowest BCUT2D eigenvalue weighted by Gasteiger charge is -2.36. The Morgan fingerprint density at radius 1 is 1.00 bits per heavy atom. The van der Waals surface area contributed by atoms with Gasteiger partial charge in [-0.2, -0.15) is 0 Å². The van der Waals surface area contributed by atoms with Gasteiger partial charge in [-0.15, -0.1) is 0 Å². The molecule has 0 bridgehead atoms. The van der Waals surface area contributed by atoms with Crippen molar-refractivity contribution in [3.63, 3.8) is 0 Å². The van der Waals surface area contributed by atoms with E-state index in [4.69, 9.17) is 9.47 Å². The van der Waals surface area contributed by atoms with Gasteiger partial charge in [-0.3, -0.25) is 19.2 Å². The number of carbonyl (C=O) groups excluding carboxylic acids is 5. The van der Waals surface area contributed by atoms with Gasteiger partial charge < -0.3 is 35.6 Å². The number of fused-ring (bicyclic) bond motifs is 1. The second kappa shape index (κ2) is 15.4. The summed E-state index contributed by atoms with van der Waals surface area (Å²) in [7, 11) is 0. The van der Waals surface area contributed by atoms with Crippen molar-refractivity contribution in [1.29, 1.82) is 0 Å². The Labute approximate surface area is 288 Å². The number of aromatic nitrogens is 1. The fourth-order valence-corrected chi connectivity index (χ4v) is 5.80. The van der Waals surface area contributed by atoms with Crippen molar-refractivity contribution >= 4 is 40.3 Å². The van der Waals surface area contributed by atoms with E-state index in [9.17, 15) is 24.0 Å². The molecule has 2 aliphatic rings. The van der Waals surface area contributed by atoms with Gasteiger partial charge in [-0.1, -0.05) is 34.1 Å². The molecule has 0 radical (unpaired) electrons. The molecule has 1 saturated carbocycles. The minimum atomic E-state index is -1.05. The third-order valence-electron chi connectivity index (χ3n) is 8.36. The number of hydrogen-bond donors (Lipinski definition) is 4. The summed E-state index contributed by atoms with van der Waals surface area (Å²) < 4.78 is 12.0. The van der Waals surface area contributed by atoms with Crippen LogP contribution in [0.2, 0.25) is 0 Å². The van der Waals surface area contributed by atoms with Crippen LogP contribution in [0.1, 0.15) is 87.5 Å². The van der Waals surface area contributed by atoms with Gasteiger partial charge in [0.2, 0.25) is 23.5 Å². The number of rotatable bonds is 13. The lowest BCUT2D eigenvalue weighted by atomic mass is 9.85. The number of ketones is 1. The van der Waals surface area contributed by atoms with Crippen molar-refractivity contribution in [3.05, 3.63) is 30.5 Å². The number of urea groups is 1.